The number of carbonyl (C=O) groups is 3. The summed E-state index contributed by atoms with van der Waals surface area (Å²) < 4.78 is 15.6. The zero-order chi connectivity index (χ0) is 22.1. The molecule has 0 atom stereocenters. The van der Waals surface area contributed by atoms with Gasteiger partial charge >= 0.3 is 12.1 Å². The van der Waals surface area contributed by atoms with Crippen molar-refractivity contribution < 1.29 is 28.6 Å². The van der Waals surface area contributed by atoms with E-state index in [1.54, 1.807) is 57.2 Å². The fraction of sp³-hybridized carbons (Fsp3) is 0.318. The number of anilines is 2. The van der Waals surface area contributed by atoms with Gasteiger partial charge in [0.15, 0.2) is 6.61 Å². The standard InChI is InChI=1S/C22H26N2O6/c1-5-28-18-9-7-6-8-17(18)24-19(25)14-29-20(26)15-10-12-16(13-11-15)23-21(27)30-22(2,3)4/h6-13H,5,14H2,1-4H3,(H,23,27)(H,24,25). The zero-order valence-electron chi connectivity index (χ0n) is 17.5. The minimum atomic E-state index is -0.660. The van der Waals surface area contributed by atoms with Crippen LogP contribution < -0.4 is 15.4 Å². The van der Waals surface area contributed by atoms with Gasteiger partial charge in [-0.1, -0.05) is 12.1 Å². The molecule has 0 fully saturated rings. The van der Waals surface area contributed by atoms with E-state index in [1.807, 2.05) is 6.92 Å². The molecule has 0 aliphatic rings. The third-order valence-corrected chi connectivity index (χ3v) is 3.56. The molecular weight excluding hydrogens is 388 g/mol. The monoisotopic (exact) mass is 414 g/mol. The number of nitrogens with one attached hydrogen (secondary N) is 2. The summed E-state index contributed by atoms with van der Waals surface area (Å²) in [7, 11) is 0. The Kier molecular flexibility index (Phi) is 7.80. The first kappa shape index (κ1) is 22.7. The Morgan fingerprint density at radius 2 is 1.60 bits per heavy atom. The fourth-order valence-corrected chi connectivity index (χ4v) is 2.36. The fourth-order valence-electron chi connectivity index (χ4n) is 2.36. The summed E-state index contributed by atoms with van der Waals surface area (Å²) in [6.45, 7) is 7.14. The smallest absolute Gasteiger partial charge is 0.412 e. The van der Waals surface area contributed by atoms with Crippen molar-refractivity contribution in [2.75, 3.05) is 23.8 Å². The Hall–Kier alpha value is -3.55. The van der Waals surface area contributed by atoms with E-state index >= 15 is 0 Å². The van der Waals surface area contributed by atoms with E-state index < -0.39 is 30.2 Å². The molecule has 0 spiro atoms. The van der Waals surface area contributed by atoms with Gasteiger partial charge in [0, 0.05) is 5.69 Å². The highest BCUT2D eigenvalue weighted by molar-refractivity contribution is 5.96. The van der Waals surface area contributed by atoms with Gasteiger partial charge in [0.05, 0.1) is 17.9 Å². The number of carbonyl (C=O) groups excluding carboxylic acids is 3. The van der Waals surface area contributed by atoms with E-state index in [9.17, 15) is 14.4 Å². The summed E-state index contributed by atoms with van der Waals surface area (Å²) in [5.74, 6) is -0.612. The number of rotatable bonds is 7. The van der Waals surface area contributed by atoms with Gasteiger partial charge in [-0.05, 0) is 64.1 Å². The van der Waals surface area contributed by atoms with Gasteiger partial charge < -0.3 is 19.5 Å². The van der Waals surface area contributed by atoms with E-state index in [0.717, 1.165) is 0 Å². The third kappa shape index (κ3) is 7.46. The topological polar surface area (TPSA) is 103 Å². The number of hydrogen-bond donors (Lipinski definition) is 2. The number of amides is 2. The van der Waals surface area contributed by atoms with Crippen molar-refractivity contribution in [2.45, 2.75) is 33.3 Å². The van der Waals surface area contributed by atoms with Crippen LogP contribution in [-0.4, -0.2) is 36.8 Å². The molecule has 0 aromatic heterocycles. The second-order valence-corrected chi connectivity index (χ2v) is 7.26. The van der Waals surface area contributed by atoms with Crippen LogP contribution in [0.4, 0.5) is 16.2 Å². The van der Waals surface area contributed by atoms with E-state index in [4.69, 9.17) is 14.2 Å². The van der Waals surface area contributed by atoms with Gasteiger partial charge in [0.2, 0.25) is 0 Å². The quantitative estimate of drug-likeness (QED) is 0.658. The van der Waals surface area contributed by atoms with Crippen LogP contribution in [0.25, 0.3) is 0 Å². The molecule has 2 rings (SSSR count). The molecule has 0 saturated carbocycles. The predicted molar refractivity (Wildman–Crippen MR) is 113 cm³/mol. The Balaban J connectivity index is 1.86. The molecule has 0 bridgehead atoms. The second kappa shape index (κ2) is 10.3. The molecule has 0 aliphatic heterocycles. The van der Waals surface area contributed by atoms with Crippen molar-refractivity contribution in [1.82, 2.24) is 0 Å². The molecule has 2 aromatic carbocycles. The van der Waals surface area contributed by atoms with Gasteiger partial charge in [-0.15, -0.1) is 0 Å². The first-order valence-corrected chi connectivity index (χ1v) is 9.47. The van der Waals surface area contributed by atoms with Crippen LogP contribution in [0.1, 0.15) is 38.1 Å². The molecule has 0 unspecified atom stereocenters. The van der Waals surface area contributed by atoms with Crippen molar-refractivity contribution in [1.29, 1.82) is 0 Å². The van der Waals surface area contributed by atoms with Crippen molar-refractivity contribution in [3.63, 3.8) is 0 Å². The molecule has 0 aliphatic carbocycles. The number of benzene rings is 2. The molecule has 2 aromatic rings. The maximum absolute atomic E-state index is 12.2. The maximum Gasteiger partial charge on any atom is 0.412 e. The highest BCUT2D eigenvalue weighted by Gasteiger charge is 2.17. The van der Waals surface area contributed by atoms with Crippen LogP contribution in [0.5, 0.6) is 5.75 Å². The van der Waals surface area contributed by atoms with Crippen molar-refractivity contribution in [3.05, 3.63) is 54.1 Å². The molecule has 0 saturated heterocycles. The molecule has 2 N–H and O–H groups in total. The lowest BCUT2D eigenvalue weighted by molar-refractivity contribution is -0.119. The number of ether oxygens (including phenoxy) is 3. The molecular formula is C22H26N2O6. The van der Waals surface area contributed by atoms with E-state index in [0.29, 0.717) is 23.7 Å². The van der Waals surface area contributed by atoms with E-state index in [-0.39, 0.29) is 5.56 Å². The first-order chi connectivity index (χ1) is 14.2. The minimum Gasteiger partial charge on any atom is -0.492 e. The third-order valence-electron chi connectivity index (χ3n) is 3.56. The molecule has 0 radical (unpaired) electrons. The normalized spacial score (nSPS) is 10.7. The number of para-hydroxylation sites is 2. The number of hydrogen-bond acceptors (Lipinski definition) is 6. The van der Waals surface area contributed by atoms with Crippen LogP contribution in [0.2, 0.25) is 0 Å². The SMILES string of the molecule is CCOc1ccccc1NC(=O)COC(=O)c1ccc(NC(=O)OC(C)(C)C)cc1. The highest BCUT2D eigenvalue weighted by Crippen LogP contribution is 2.23. The van der Waals surface area contributed by atoms with Crippen LogP contribution in [0.3, 0.4) is 0 Å². The molecule has 2 amide bonds. The highest BCUT2D eigenvalue weighted by atomic mass is 16.6. The maximum atomic E-state index is 12.2. The average molecular weight is 414 g/mol. The average Bonchev–Trinajstić information content (AvgIpc) is 2.67. The van der Waals surface area contributed by atoms with Crippen LogP contribution in [0.15, 0.2) is 48.5 Å². The summed E-state index contributed by atoms with van der Waals surface area (Å²) in [4.78, 5) is 36.0. The van der Waals surface area contributed by atoms with Gasteiger partial charge in [-0.25, -0.2) is 9.59 Å². The van der Waals surface area contributed by atoms with Gasteiger partial charge in [0.1, 0.15) is 11.4 Å². The summed E-state index contributed by atoms with van der Waals surface area (Å²) >= 11 is 0. The van der Waals surface area contributed by atoms with Gasteiger partial charge in [0.25, 0.3) is 5.91 Å². The predicted octanol–water partition coefficient (Wildman–Crippen LogP) is 4.23. The van der Waals surface area contributed by atoms with Crippen molar-refractivity contribution in [2.24, 2.45) is 0 Å². The van der Waals surface area contributed by atoms with Crippen LogP contribution >= 0.6 is 0 Å². The van der Waals surface area contributed by atoms with Crippen LogP contribution in [0, 0.1) is 0 Å². The molecule has 8 nitrogen and oxygen atoms in total. The molecule has 8 heteroatoms. The van der Waals surface area contributed by atoms with Crippen molar-refractivity contribution in [3.8, 4) is 5.75 Å². The molecule has 0 heterocycles. The summed E-state index contributed by atoms with van der Waals surface area (Å²) in [6.07, 6.45) is -0.596. The summed E-state index contributed by atoms with van der Waals surface area (Å²) in [5.41, 5.74) is 0.591. The lowest BCUT2D eigenvalue weighted by Crippen LogP contribution is -2.27. The Morgan fingerprint density at radius 3 is 2.23 bits per heavy atom. The van der Waals surface area contributed by atoms with E-state index in [2.05, 4.69) is 10.6 Å². The first-order valence-electron chi connectivity index (χ1n) is 9.47. The zero-order valence-corrected chi connectivity index (χ0v) is 17.5. The second-order valence-electron chi connectivity index (χ2n) is 7.26. The lowest BCUT2D eigenvalue weighted by Gasteiger charge is -2.19. The van der Waals surface area contributed by atoms with Crippen LogP contribution in [-0.2, 0) is 14.3 Å². The van der Waals surface area contributed by atoms with E-state index in [1.165, 1.54) is 12.1 Å². The molecule has 160 valence electrons. The number of esters is 1. The largest absolute Gasteiger partial charge is 0.492 e. The van der Waals surface area contributed by atoms with Gasteiger partial charge in [-0.2, -0.15) is 0 Å². The Labute approximate surface area is 175 Å². The lowest BCUT2D eigenvalue weighted by atomic mass is 10.2. The Morgan fingerprint density at radius 1 is 0.933 bits per heavy atom. The Bertz CT molecular complexity index is 887. The van der Waals surface area contributed by atoms with Crippen molar-refractivity contribution >= 4 is 29.3 Å². The molecule has 30 heavy (non-hydrogen) atoms. The van der Waals surface area contributed by atoms with Gasteiger partial charge in [-0.3, -0.25) is 10.1 Å². The summed E-state index contributed by atoms with van der Waals surface area (Å²) in [6, 6.07) is 13.0. The summed E-state index contributed by atoms with van der Waals surface area (Å²) in [5, 5.41) is 5.22. The minimum absolute atomic E-state index is 0.243.